The van der Waals surface area contributed by atoms with E-state index in [0.29, 0.717) is 6.54 Å². The van der Waals surface area contributed by atoms with Crippen LogP contribution < -0.4 is 0 Å². The number of isocyanates is 2. The highest BCUT2D eigenvalue weighted by molar-refractivity contribution is 5.36. The van der Waals surface area contributed by atoms with Crippen LogP contribution in [0.2, 0.25) is 0 Å². The molecule has 1 fully saturated rings. The van der Waals surface area contributed by atoms with Crippen molar-refractivity contribution in [3.05, 3.63) is 0 Å². The molecule has 4 heteroatoms. The van der Waals surface area contributed by atoms with Gasteiger partial charge in [0.1, 0.15) is 0 Å². The average molecular weight is 222 g/mol. The first-order valence-electron chi connectivity index (χ1n) is 5.67. The summed E-state index contributed by atoms with van der Waals surface area (Å²) in [4.78, 5) is 28.4. The number of carbonyl (C=O) groups excluding carboxylic acids is 2. The molecule has 1 aliphatic carbocycles. The van der Waals surface area contributed by atoms with Crippen molar-refractivity contribution < 1.29 is 9.59 Å². The molecule has 16 heavy (non-hydrogen) atoms. The Bertz CT molecular complexity index is 356. The minimum absolute atomic E-state index is 0.0213. The summed E-state index contributed by atoms with van der Waals surface area (Å²) in [5.74, 6) is 0.226. The van der Waals surface area contributed by atoms with Gasteiger partial charge >= 0.3 is 0 Å². The molecule has 0 aliphatic heterocycles. The van der Waals surface area contributed by atoms with E-state index >= 15 is 0 Å². The van der Waals surface area contributed by atoms with Crippen LogP contribution in [-0.4, -0.2) is 24.2 Å². The molecule has 0 aromatic carbocycles. The predicted octanol–water partition coefficient (Wildman–Crippen LogP) is 2.24. The molecule has 0 radical (unpaired) electrons. The monoisotopic (exact) mass is 222 g/mol. The Morgan fingerprint density at radius 3 is 2.50 bits per heavy atom. The molecule has 3 atom stereocenters. The lowest BCUT2D eigenvalue weighted by Crippen LogP contribution is -2.36. The minimum Gasteiger partial charge on any atom is -0.211 e. The van der Waals surface area contributed by atoms with Crippen molar-refractivity contribution in [2.24, 2.45) is 21.3 Å². The summed E-state index contributed by atoms with van der Waals surface area (Å²) in [7, 11) is 0. The second kappa shape index (κ2) is 4.73. The first kappa shape index (κ1) is 12.8. The van der Waals surface area contributed by atoms with Crippen LogP contribution in [0.1, 0.15) is 40.0 Å². The Morgan fingerprint density at radius 1 is 1.31 bits per heavy atom. The van der Waals surface area contributed by atoms with Crippen LogP contribution in [0.5, 0.6) is 0 Å². The number of hydrogen-bond acceptors (Lipinski definition) is 4. The maximum atomic E-state index is 10.4. The van der Waals surface area contributed by atoms with Crippen molar-refractivity contribution in [2.45, 2.75) is 45.6 Å². The third-order valence-corrected chi connectivity index (χ3v) is 4.44. The standard InChI is InChI=1S/C12H18N2O2/c1-4-12(7-13-8-15)6-5-11(3,10(12)2)14-9-16/h10H,4-7H2,1-3H3. The normalized spacial score (nSPS) is 37.6. The van der Waals surface area contributed by atoms with Crippen LogP contribution in [0.15, 0.2) is 9.98 Å². The van der Waals surface area contributed by atoms with Gasteiger partial charge in [-0.25, -0.2) is 14.6 Å². The highest BCUT2D eigenvalue weighted by atomic mass is 16.1. The lowest BCUT2D eigenvalue weighted by molar-refractivity contribution is 0.178. The van der Waals surface area contributed by atoms with Crippen LogP contribution in [-0.2, 0) is 9.59 Å². The van der Waals surface area contributed by atoms with Gasteiger partial charge in [-0.15, -0.1) is 0 Å². The van der Waals surface area contributed by atoms with E-state index in [9.17, 15) is 9.59 Å². The SMILES string of the molecule is CCC1(CN=C=O)CCC(C)(N=C=O)C1C. The summed E-state index contributed by atoms with van der Waals surface area (Å²) in [6, 6.07) is 0. The molecule has 3 unspecified atom stereocenters. The molecule has 0 heterocycles. The molecule has 1 aliphatic rings. The largest absolute Gasteiger partial charge is 0.235 e. The maximum absolute atomic E-state index is 10.4. The van der Waals surface area contributed by atoms with Gasteiger partial charge in [0.15, 0.2) is 0 Å². The fraction of sp³-hybridized carbons (Fsp3) is 0.833. The van der Waals surface area contributed by atoms with E-state index in [1.54, 1.807) is 12.2 Å². The van der Waals surface area contributed by atoms with E-state index in [1.165, 1.54) is 0 Å². The molecule has 1 saturated carbocycles. The van der Waals surface area contributed by atoms with E-state index in [2.05, 4.69) is 23.8 Å². The third kappa shape index (κ3) is 1.99. The second-order valence-corrected chi connectivity index (χ2v) is 4.91. The van der Waals surface area contributed by atoms with Crippen LogP contribution in [0.25, 0.3) is 0 Å². The molecule has 0 saturated heterocycles. The van der Waals surface area contributed by atoms with Gasteiger partial charge < -0.3 is 0 Å². The highest BCUT2D eigenvalue weighted by Gasteiger charge is 2.51. The first-order chi connectivity index (χ1) is 7.54. The van der Waals surface area contributed by atoms with E-state index in [1.807, 2.05) is 6.92 Å². The molecular formula is C12H18N2O2. The topological polar surface area (TPSA) is 58.9 Å². The zero-order chi connectivity index (χ0) is 12.2. The van der Waals surface area contributed by atoms with Crippen molar-refractivity contribution in [2.75, 3.05) is 6.54 Å². The van der Waals surface area contributed by atoms with Crippen molar-refractivity contribution in [3.8, 4) is 0 Å². The van der Waals surface area contributed by atoms with Gasteiger partial charge in [-0.3, -0.25) is 0 Å². The maximum Gasteiger partial charge on any atom is 0.235 e. The number of nitrogens with zero attached hydrogens (tertiary/aromatic N) is 2. The Hall–Kier alpha value is -1.24. The molecular weight excluding hydrogens is 204 g/mol. The summed E-state index contributed by atoms with van der Waals surface area (Å²) < 4.78 is 0. The van der Waals surface area contributed by atoms with Gasteiger partial charge in [-0.1, -0.05) is 13.8 Å². The van der Waals surface area contributed by atoms with Crippen molar-refractivity contribution in [1.29, 1.82) is 0 Å². The summed E-state index contributed by atoms with van der Waals surface area (Å²) in [5.41, 5.74) is -0.372. The fourth-order valence-corrected chi connectivity index (χ4v) is 2.85. The van der Waals surface area contributed by atoms with Gasteiger partial charge in [0, 0.05) is 0 Å². The molecule has 0 amide bonds. The van der Waals surface area contributed by atoms with E-state index in [4.69, 9.17) is 0 Å². The first-order valence-corrected chi connectivity index (χ1v) is 5.67. The van der Waals surface area contributed by atoms with Crippen LogP contribution in [0.3, 0.4) is 0 Å². The van der Waals surface area contributed by atoms with Gasteiger partial charge in [0.25, 0.3) is 0 Å². The number of rotatable bonds is 4. The summed E-state index contributed by atoms with van der Waals surface area (Å²) in [6.45, 7) is 6.63. The van der Waals surface area contributed by atoms with Crippen molar-refractivity contribution >= 4 is 12.2 Å². The molecule has 88 valence electrons. The smallest absolute Gasteiger partial charge is 0.211 e. The molecule has 0 aromatic rings. The molecule has 0 aromatic heterocycles. The van der Waals surface area contributed by atoms with Crippen LogP contribution >= 0.6 is 0 Å². The van der Waals surface area contributed by atoms with E-state index in [-0.39, 0.29) is 16.9 Å². The molecule has 0 spiro atoms. The fourth-order valence-electron chi connectivity index (χ4n) is 2.85. The number of aliphatic imine (C=N–C) groups is 2. The highest BCUT2D eigenvalue weighted by Crippen LogP contribution is 2.52. The zero-order valence-corrected chi connectivity index (χ0v) is 10.1. The average Bonchev–Trinajstić information content (AvgIpc) is 2.52. The summed E-state index contributed by atoms with van der Waals surface area (Å²) in [5, 5.41) is 0. The molecule has 4 nitrogen and oxygen atoms in total. The Morgan fingerprint density at radius 2 is 2.00 bits per heavy atom. The lowest BCUT2D eigenvalue weighted by Gasteiger charge is -2.35. The predicted molar refractivity (Wildman–Crippen MR) is 60.6 cm³/mol. The van der Waals surface area contributed by atoms with Crippen molar-refractivity contribution in [1.82, 2.24) is 0 Å². The van der Waals surface area contributed by atoms with Crippen LogP contribution in [0.4, 0.5) is 0 Å². The van der Waals surface area contributed by atoms with Crippen molar-refractivity contribution in [3.63, 3.8) is 0 Å². The molecule has 1 rings (SSSR count). The molecule has 0 N–H and O–H groups in total. The quantitative estimate of drug-likeness (QED) is 0.541. The van der Waals surface area contributed by atoms with Gasteiger partial charge in [0.2, 0.25) is 12.2 Å². The van der Waals surface area contributed by atoms with Gasteiger partial charge in [-0.2, -0.15) is 4.99 Å². The Kier molecular flexibility index (Phi) is 3.79. The summed E-state index contributed by atoms with van der Waals surface area (Å²) >= 11 is 0. The van der Waals surface area contributed by atoms with Crippen LogP contribution in [0, 0.1) is 11.3 Å². The van der Waals surface area contributed by atoms with Gasteiger partial charge in [-0.05, 0) is 37.5 Å². The molecule has 0 bridgehead atoms. The number of hydrogen-bond donors (Lipinski definition) is 0. The third-order valence-electron chi connectivity index (χ3n) is 4.44. The Labute approximate surface area is 95.9 Å². The lowest BCUT2D eigenvalue weighted by atomic mass is 9.72. The Balaban J connectivity index is 3.00. The van der Waals surface area contributed by atoms with E-state index in [0.717, 1.165) is 19.3 Å². The minimum atomic E-state index is -0.351. The van der Waals surface area contributed by atoms with E-state index < -0.39 is 0 Å². The second-order valence-electron chi connectivity index (χ2n) is 4.91. The van der Waals surface area contributed by atoms with Gasteiger partial charge in [0.05, 0.1) is 12.1 Å². The summed E-state index contributed by atoms with van der Waals surface area (Å²) in [6.07, 6.45) is 5.99. The zero-order valence-electron chi connectivity index (χ0n) is 10.1.